The number of nitrogens with zero attached hydrogens (tertiary/aromatic N) is 1. The van der Waals surface area contributed by atoms with E-state index < -0.39 is 11.9 Å². The van der Waals surface area contributed by atoms with E-state index in [9.17, 15) is 9.59 Å². The van der Waals surface area contributed by atoms with E-state index >= 15 is 0 Å². The first-order chi connectivity index (χ1) is 14.0. The van der Waals surface area contributed by atoms with Crippen molar-refractivity contribution < 1.29 is 14.7 Å². The number of hydrogen-bond donors (Lipinski definition) is 3. The molecule has 6 nitrogen and oxygen atoms in total. The summed E-state index contributed by atoms with van der Waals surface area (Å²) in [6, 6.07) is 5.27. The van der Waals surface area contributed by atoms with Crippen LogP contribution in [0.2, 0.25) is 0 Å². The fourth-order valence-corrected chi connectivity index (χ4v) is 2.33. The molecule has 0 aromatic heterocycles. The fraction of sp³-hybridized carbons (Fsp3) is 0.565. The molecule has 0 aliphatic heterocycles. The molecular formula is C23H45N3O3. The highest BCUT2D eigenvalue weighted by atomic mass is 16.2. The van der Waals surface area contributed by atoms with Crippen LogP contribution < -0.4 is 11.5 Å². The average molecular weight is 412 g/mol. The maximum absolute atomic E-state index is 11.5. The number of rotatable bonds is 8. The van der Waals surface area contributed by atoms with Gasteiger partial charge in [0, 0.05) is 13.1 Å². The summed E-state index contributed by atoms with van der Waals surface area (Å²) in [6.45, 7) is 19.6. The number of carbonyl (C=O) groups excluding carboxylic acids is 2. The second-order valence-corrected chi connectivity index (χ2v) is 5.08. The summed E-state index contributed by atoms with van der Waals surface area (Å²) in [5, 5.41) is 7.33. The third-order valence-electron chi connectivity index (χ3n) is 3.49. The maximum atomic E-state index is 11.5. The number of carbonyl (C=O) groups is 2. The van der Waals surface area contributed by atoms with Gasteiger partial charge in [0.05, 0.1) is 6.26 Å². The van der Waals surface area contributed by atoms with Gasteiger partial charge in [0.1, 0.15) is 6.04 Å². The fourth-order valence-electron chi connectivity index (χ4n) is 2.33. The third-order valence-corrected chi connectivity index (χ3v) is 3.49. The molecule has 170 valence electrons. The van der Waals surface area contributed by atoms with Crippen molar-refractivity contribution in [2.45, 2.75) is 87.4 Å². The van der Waals surface area contributed by atoms with E-state index in [4.69, 9.17) is 16.6 Å². The standard InChI is InChI=1S/C15H23N3O2.C2H4O.3C2H6/c1-3-5-14(15(17)20)18(10-19)9-13-11(2)6-4-7-12(13)8-16;1-2-3;3*1-2/h4,6-7,10,14H,3,5,8-9,16H2,1-2H3,(H2,17,20);2-3H,1H2;3*1-2H3. The molecule has 0 spiro atoms. The Bertz CT molecular complexity index is 520. The quantitative estimate of drug-likeness (QED) is 0.420. The van der Waals surface area contributed by atoms with Crippen molar-refractivity contribution in [3.8, 4) is 0 Å². The first kappa shape index (κ1) is 34.2. The Kier molecular flexibility index (Phi) is 30.2. The zero-order valence-corrected chi connectivity index (χ0v) is 19.9. The zero-order chi connectivity index (χ0) is 23.8. The molecule has 0 saturated carbocycles. The summed E-state index contributed by atoms with van der Waals surface area (Å²) >= 11 is 0. The Morgan fingerprint density at radius 1 is 1.21 bits per heavy atom. The molecule has 0 radical (unpaired) electrons. The van der Waals surface area contributed by atoms with Crippen LogP contribution in [0.3, 0.4) is 0 Å². The van der Waals surface area contributed by atoms with Crippen LogP contribution in [0, 0.1) is 6.92 Å². The maximum Gasteiger partial charge on any atom is 0.240 e. The number of hydrogen-bond acceptors (Lipinski definition) is 4. The lowest BCUT2D eigenvalue weighted by Crippen LogP contribution is -2.43. The van der Waals surface area contributed by atoms with Crippen LogP contribution in [0.4, 0.5) is 0 Å². The predicted molar refractivity (Wildman–Crippen MR) is 125 cm³/mol. The van der Waals surface area contributed by atoms with Gasteiger partial charge in [0.25, 0.3) is 0 Å². The molecule has 0 heterocycles. The minimum Gasteiger partial charge on any atom is -0.516 e. The molecule has 0 aliphatic rings. The Morgan fingerprint density at radius 2 is 1.69 bits per heavy atom. The van der Waals surface area contributed by atoms with E-state index in [2.05, 4.69) is 6.58 Å². The van der Waals surface area contributed by atoms with Crippen molar-refractivity contribution in [3.05, 3.63) is 47.7 Å². The van der Waals surface area contributed by atoms with Crippen LogP contribution in [0.1, 0.15) is 78.0 Å². The highest BCUT2D eigenvalue weighted by molar-refractivity contribution is 5.81. The first-order valence-electron chi connectivity index (χ1n) is 10.5. The largest absolute Gasteiger partial charge is 0.516 e. The molecule has 6 heteroatoms. The van der Waals surface area contributed by atoms with Crippen molar-refractivity contribution in [1.29, 1.82) is 0 Å². The molecule has 0 bridgehead atoms. The first-order valence-corrected chi connectivity index (χ1v) is 10.5. The van der Waals surface area contributed by atoms with E-state index in [-0.39, 0.29) is 0 Å². The van der Waals surface area contributed by atoms with Crippen molar-refractivity contribution in [3.63, 3.8) is 0 Å². The Balaban J connectivity index is -0.000000301. The van der Waals surface area contributed by atoms with Crippen LogP contribution in [-0.4, -0.2) is 28.4 Å². The summed E-state index contributed by atoms with van der Waals surface area (Å²) in [5.41, 5.74) is 14.2. The molecule has 0 saturated heterocycles. The van der Waals surface area contributed by atoms with E-state index in [0.717, 1.165) is 29.4 Å². The topological polar surface area (TPSA) is 110 Å². The van der Waals surface area contributed by atoms with Gasteiger partial charge < -0.3 is 21.5 Å². The van der Waals surface area contributed by atoms with Crippen LogP contribution in [0.5, 0.6) is 0 Å². The van der Waals surface area contributed by atoms with Gasteiger partial charge in [0.15, 0.2) is 0 Å². The Morgan fingerprint density at radius 3 is 2.03 bits per heavy atom. The van der Waals surface area contributed by atoms with Crippen molar-refractivity contribution in [1.82, 2.24) is 4.90 Å². The smallest absolute Gasteiger partial charge is 0.240 e. The molecular weight excluding hydrogens is 366 g/mol. The van der Waals surface area contributed by atoms with E-state index in [1.54, 1.807) is 0 Å². The van der Waals surface area contributed by atoms with Gasteiger partial charge in [-0.25, -0.2) is 0 Å². The lowest BCUT2D eigenvalue weighted by Gasteiger charge is -2.27. The molecule has 2 amide bonds. The monoisotopic (exact) mass is 411 g/mol. The highest BCUT2D eigenvalue weighted by Gasteiger charge is 2.23. The highest BCUT2D eigenvalue weighted by Crippen LogP contribution is 2.18. The third kappa shape index (κ3) is 15.3. The number of benzene rings is 1. The van der Waals surface area contributed by atoms with Crippen LogP contribution in [-0.2, 0) is 22.7 Å². The number of aliphatic hydroxyl groups excluding tert-OH is 1. The summed E-state index contributed by atoms with van der Waals surface area (Å²) in [6.07, 6.45) is 2.80. The summed E-state index contributed by atoms with van der Waals surface area (Å²) in [7, 11) is 0. The second kappa shape index (κ2) is 25.7. The minimum absolute atomic E-state index is 0.357. The molecule has 1 unspecified atom stereocenters. The molecule has 1 rings (SSSR count). The Labute approximate surface area is 179 Å². The molecule has 1 aromatic rings. The normalized spacial score (nSPS) is 9.28. The average Bonchev–Trinajstić information content (AvgIpc) is 2.76. The van der Waals surface area contributed by atoms with Crippen molar-refractivity contribution >= 4 is 12.3 Å². The van der Waals surface area contributed by atoms with Gasteiger partial charge in [-0.3, -0.25) is 9.59 Å². The van der Waals surface area contributed by atoms with E-state index in [0.29, 0.717) is 25.9 Å². The van der Waals surface area contributed by atoms with Gasteiger partial charge in [-0.1, -0.05) is 79.7 Å². The SMILES string of the molecule is C=CO.CC.CC.CC.CCCC(C(N)=O)N(C=O)Cc1c(C)cccc1CN. The lowest BCUT2D eigenvalue weighted by molar-refractivity contribution is -0.131. The molecule has 0 fully saturated rings. The van der Waals surface area contributed by atoms with Gasteiger partial charge in [-0.2, -0.15) is 0 Å². The molecule has 5 N–H and O–H groups in total. The number of amides is 2. The Hall–Kier alpha value is -2.34. The number of primary amides is 1. The van der Waals surface area contributed by atoms with Crippen molar-refractivity contribution in [2.24, 2.45) is 11.5 Å². The summed E-state index contributed by atoms with van der Waals surface area (Å²) in [5.74, 6) is -0.471. The van der Waals surface area contributed by atoms with Gasteiger partial charge in [-0.15, -0.1) is 0 Å². The van der Waals surface area contributed by atoms with Crippen LogP contribution in [0.25, 0.3) is 0 Å². The molecule has 29 heavy (non-hydrogen) atoms. The minimum atomic E-state index is -0.567. The van der Waals surface area contributed by atoms with Gasteiger partial charge in [-0.05, 0) is 30.0 Å². The summed E-state index contributed by atoms with van der Waals surface area (Å²) in [4.78, 5) is 24.3. The predicted octanol–water partition coefficient (Wildman–Crippen LogP) is 4.83. The summed E-state index contributed by atoms with van der Waals surface area (Å²) < 4.78 is 0. The number of aryl methyl sites for hydroxylation is 1. The lowest BCUT2D eigenvalue weighted by atomic mass is 10.00. The van der Waals surface area contributed by atoms with E-state index in [1.807, 2.05) is 73.6 Å². The van der Waals surface area contributed by atoms with Gasteiger partial charge >= 0.3 is 0 Å². The molecule has 1 aromatic carbocycles. The van der Waals surface area contributed by atoms with Crippen LogP contribution in [0.15, 0.2) is 31.0 Å². The molecule has 1 atom stereocenters. The number of aliphatic hydroxyl groups is 1. The van der Waals surface area contributed by atoms with Crippen LogP contribution >= 0.6 is 0 Å². The zero-order valence-electron chi connectivity index (χ0n) is 19.9. The van der Waals surface area contributed by atoms with E-state index in [1.165, 1.54) is 4.90 Å². The number of nitrogens with two attached hydrogens (primary N) is 2. The second-order valence-electron chi connectivity index (χ2n) is 5.08. The molecule has 0 aliphatic carbocycles. The van der Waals surface area contributed by atoms with Gasteiger partial charge in [0.2, 0.25) is 12.3 Å². The van der Waals surface area contributed by atoms with Crippen molar-refractivity contribution in [2.75, 3.05) is 0 Å².